The van der Waals surface area contributed by atoms with Crippen LogP contribution in [0.5, 0.6) is 0 Å². The molecule has 1 heterocycles. The Balaban J connectivity index is 2.27. The summed E-state index contributed by atoms with van der Waals surface area (Å²) in [6.45, 7) is 7.32. The minimum Gasteiger partial charge on any atom is -0.345 e. The molecule has 0 bridgehead atoms. The molecule has 0 radical (unpaired) electrons. The topological polar surface area (TPSA) is 59.1 Å². The number of hydrogen-bond donors (Lipinski definition) is 1. The summed E-state index contributed by atoms with van der Waals surface area (Å²) in [5, 5.41) is 2.97. The first-order valence-electron chi connectivity index (χ1n) is 7.81. The predicted molar refractivity (Wildman–Crippen MR) is 90.7 cm³/mol. The van der Waals surface area contributed by atoms with Crippen LogP contribution in [-0.4, -0.2) is 16.7 Å². The van der Waals surface area contributed by atoms with Crippen LogP contribution in [0.15, 0.2) is 36.4 Å². The first-order valence-corrected chi connectivity index (χ1v) is 7.81. The van der Waals surface area contributed by atoms with Crippen molar-refractivity contribution in [3.05, 3.63) is 64.5 Å². The van der Waals surface area contributed by atoms with Gasteiger partial charge in [0.2, 0.25) is 0 Å². The Morgan fingerprint density at radius 2 is 1.70 bits per heavy atom. The summed E-state index contributed by atoms with van der Waals surface area (Å²) >= 11 is 0. The van der Waals surface area contributed by atoms with Crippen LogP contribution in [0.2, 0.25) is 0 Å². The molecular weight excluding hydrogens is 288 g/mol. The van der Waals surface area contributed by atoms with E-state index in [9.17, 15) is 9.59 Å². The lowest BCUT2D eigenvalue weighted by Crippen LogP contribution is -2.28. The molecule has 1 aromatic heterocycles. The van der Waals surface area contributed by atoms with Gasteiger partial charge in [-0.1, -0.05) is 37.3 Å². The number of Topliss-reactive ketones (excluding diaryl/α,β-unsaturated/α-hetero) is 1. The Morgan fingerprint density at radius 1 is 1.09 bits per heavy atom. The zero-order valence-corrected chi connectivity index (χ0v) is 14.0. The second-order valence-corrected chi connectivity index (χ2v) is 5.64. The lowest BCUT2D eigenvalue weighted by molar-refractivity contribution is 0.0939. The molecule has 23 heavy (non-hydrogen) atoms. The van der Waals surface area contributed by atoms with Crippen LogP contribution < -0.4 is 5.32 Å². The molecule has 1 unspecified atom stereocenters. The molecule has 1 amide bonds. The van der Waals surface area contributed by atoms with E-state index in [1.165, 1.54) is 0 Å². The molecule has 4 heteroatoms. The summed E-state index contributed by atoms with van der Waals surface area (Å²) in [5.74, 6) is -0.211. The minimum atomic E-state index is -0.212. The van der Waals surface area contributed by atoms with Crippen molar-refractivity contribution in [3.8, 4) is 0 Å². The predicted octanol–water partition coefficient (Wildman–Crippen LogP) is 3.78. The molecule has 1 N–H and O–H groups in total. The van der Waals surface area contributed by atoms with E-state index in [0.29, 0.717) is 28.9 Å². The maximum atomic E-state index is 12.6. The van der Waals surface area contributed by atoms with Gasteiger partial charge >= 0.3 is 0 Å². The van der Waals surface area contributed by atoms with Gasteiger partial charge in [0, 0.05) is 17.7 Å². The van der Waals surface area contributed by atoms with Gasteiger partial charge in [0.25, 0.3) is 5.91 Å². The molecule has 0 aliphatic heterocycles. The van der Waals surface area contributed by atoms with E-state index in [-0.39, 0.29) is 17.7 Å². The molecule has 0 saturated carbocycles. The van der Waals surface area contributed by atoms with Crippen molar-refractivity contribution in [2.45, 2.75) is 40.2 Å². The third-order valence-electron chi connectivity index (χ3n) is 3.92. The van der Waals surface area contributed by atoms with Crippen LogP contribution in [0.1, 0.15) is 64.0 Å². The van der Waals surface area contributed by atoms with Gasteiger partial charge in [0.15, 0.2) is 5.78 Å². The maximum Gasteiger partial charge on any atom is 0.253 e. The van der Waals surface area contributed by atoms with Gasteiger partial charge in [-0.25, -0.2) is 0 Å². The van der Waals surface area contributed by atoms with Crippen LogP contribution >= 0.6 is 0 Å². The molecule has 1 atom stereocenters. The normalized spacial score (nSPS) is 11.8. The summed E-state index contributed by atoms with van der Waals surface area (Å²) in [4.78, 5) is 28.9. The number of carbonyl (C=O) groups is 2. The Bertz CT molecular complexity index is 724. The van der Waals surface area contributed by atoms with Crippen molar-refractivity contribution in [2.75, 3.05) is 0 Å². The number of amides is 1. The molecule has 2 aromatic rings. The Labute approximate surface area is 137 Å². The van der Waals surface area contributed by atoms with E-state index in [0.717, 1.165) is 5.56 Å². The van der Waals surface area contributed by atoms with Gasteiger partial charge < -0.3 is 5.32 Å². The molecule has 0 spiro atoms. The highest BCUT2D eigenvalue weighted by atomic mass is 16.1. The van der Waals surface area contributed by atoms with Gasteiger partial charge in [-0.15, -0.1) is 0 Å². The number of nitrogens with zero attached hydrogens (tertiary/aromatic N) is 1. The molecule has 4 nitrogen and oxygen atoms in total. The number of rotatable bonds is 5. The average Bonchev–Trinajstić information content (AvgIpc) is 2.54. The minimum absolute atomic E-state index is 0.000146. The Hall–Kier alpha value is -2.49. The van der Waals surface area contributed by atoms with Crippen LogP contribution in [0.4, 0.5) is 0 Å². The van der Waals surface area contributed by atoms with Crippen molar-refractivity contribution in [2.24, 2.45) is 0 Å². The Kier molecular flexibility index (Phi) is 5.27. The van der Waals surface area contributed by atoms with E-state index in [4.69, 9.17) is 0 Å². The standard InChI is InChI=1S/C19H22N2O2/c1-5-18(22)16-11-17(14(4)20-13(16)3)19(23)21-12(2)15-9-7-6-8-10-15/h6-12H,5H2,1-4H3,(H,21,23). The summed E-state index contributed by atoms with van der Waals surface area (Å²) in [6.07, 6.45) is 0.396. The van der Waals surface area contributed by atoms with Crippen LogP contribution in [0, 0.1) is 13.8 Å². The summed E-state index contributed by atoms with van der Waals surface area (Å²) in [7, 11) is 0. The summed E-state index contributed by atoms with van der Waals surface area (Å²) < 4.78 is 0. The number of benzene rings is 1. The number of aryl methyl sites for hydroxylation is 2. The summed E-state index contributed by atoms with van der Waals surface area (Å²) in [5.41, 5.74) is 3.31. The number of ketones is 1. The number of carbonyl (C=O) groups excluding carboxylic acids is 2. The van der Waals surface area contributed by atoms with E-state index < -0.39 is 0 Å². The fraction of sp³-hybridized carbons (Fsp3) is 0.316. The van der Waals surface area contributed by atoms with E-state index >= 15 is 0 Å². The van der Waals surface area contributed by atoms with Gasteiger partial charge in [-0.05, 0) is 32.4 Å². The number of pyridine rings is 1. The highest BCUT2D eigenvalue weighted by Gasteiger charge is 2.18. The third kappa shape index (κ3) is 3.83. The number of hydrogen-bond acceptors (Lipinski definition) is 3. The Morgan fingerprint density at radius 3 is 2.30 bits per heavy atom. The second-order valence-electron chi connectivity index (χ2n) is 5.64. The fourth-order valence-electron chi connectivity index (χ4n) is 2.53. The van der Waals surface area contributed by atoms with E-state index in [2.05, 4.69) is 10.3 Å². The molecular formula is C19H22N2O2. The van der Waals surface area contributed by atoms with Gasteiger partial charge in [-0.3, -0.25) is 14.6 Å². The number of aromatic nitrogens is 1. The van der Waals surface area contributed by atoms with Gasteiger partial charge in [0.1, 0.15) is 0 Å². The largest absolute Gasteiger partial charge is 0.345 e. The third-order valence-corrected chi connectivity index (χ3v) is 3.92. The molecule has 2 rings (SSSR count). The fourth-order valence-corrected chi connectivity index (χ4v) is 2.53. The lowest BCUT2D eigenvalue weighted by atomic mass is 10.0. The zero-order valence-electron chi connectivity index (χ0n) is 14.0. The van der Waals surface area contributed by atoms with E-state index in [1.54, 1.807) is 26.8 Å². The molecule has 0 aliphatic carbocycles. The van der Waals surface area contributed by atoms with Crippen LogP contribution in [0.3, 0.4) is 0 Å². The molecule has 1 aromatic carbocycles. The molecule has 120 valence electrons. The quantitative estimate of drug-likeness (QED) is 0.855. The van der Waals surface area contributed by atoms with Gasteiger partial charge in [-0.2, -0.15) is 0 Å². The average molecular weight is 310 g/mol. The van der Waals surface area contributed by atoms with Gasteiger partial charge in [0.05, 0.1) is 17.3 Å². The lowest BCUT2D eigenvalue weighted by Gasteiger charge is -2.16. The maximum absolute atomic E-state index is 12.6. The molecule has 0 saturated heterocycles. The highest BCUT2D eigenvalue weighted by molar-refractivity contribution is 6.01. The van der Waals surface area contributed by atoms with Crippen molar-refractivity contribution in [1.29, 1.82) is 0 Å². The SMILES string of the molecule is CCC(=O)c1cc(C(=O)NC(C)c2ccccc2)c(C)nc1C. The molecule has 0 fully saturated rings. The van der Waals surface area contributed by atoms with Crippen molar-refractivity contribution >= 4 is 11.7 Å². The second kappa shape index (κ2) is 7.18. The zero-order chi connectivity index (χ0) is 17.0. The van der Waals surface area contributed by atoms with Crippen molar-refractivity contribution in [3.63, 3.8) is 0 Å². The van der Waals surface area contributed by atoms with Crippen molar-refractivity contribution < 1.29 is 9.59 Å². The smallest absolute Gasteiger partial charge is 0.253 e. The van der Waals surface area contributed by atoms with Crippen LogP contribution in [-0.2, 0) is 0 Å². The first kappa shape index (κ1) is 16.9. The number of nitrogens with one attached hydrogen (secondary N) is 1. The first-order chi connectivity index (χ1) is 10.9. The van der Waals surface area contributed by atoms with E-state index in [1.807, 2.05) is 37.3 Å². The van der Waals surface area contributed by atoms with Crippen LogP contribution in [0.25, 0.3) is 0 Å². The monoisotopic (exact) mass is 310 g/mol. The highest BCUT2D eigenvalue weighted by Crippen LogP contribution is 2.17. The molecule has 0 aliphatic rings. The van der Waals surface area contributed by atoms with Crippen molar-refractivity contribution in [1.82, 2.24) is 10.3 Å². The summed E-state index contributed by atoms with van der Waals surface area (Å²) in [6, 6.07) is 11.3.